The number of esters is 2. The number of nitrogen functional groups attached to an aromatic ring is 1. The van der Waals surface area contributed by atoms with Gasteiger partial charge in [-0.3, -0.25) is 0 Å². The molecule has 5 nitrogen and oxygen atoms in total. The van der Waals surface area contributed by atoms with Crippen LogP contribution in [0.3, 0.4) is 0 Å². The number of carbonyl (C=O) groups is 2. The first-order chi connectivity index (χ1) is 10.0. The molecule has 0 saturated carbocycles. The normalized spacial score (nSPS) is 9.95. The summed E-state index contributed by atoms with van der Waals surface area (Å²) >= 11 is 0. The van der Waals surface area contributed by atoms with Crippen molar-refractivity contribution < 1.29 is 19.1 Å². The van der Waals surface area contributed by atoms with Crippen molar-refractivity contribution in [2.75, 3.05) is 18.9 Å². The van der Waals surface area contributed by atoms with Crippen molar-refractivity contribution in [3.05, 3.63) is 42.0 Å². The number of hydrogen-bond acceptors (Lipinski definition) is 5. The zero-order valence-corrected chi connectivity index (χ0v) is 12.3. The van der Waals surface area contributed by atoms with Crippen molar-refractivity contribution in [1.29, 1.82) is 0 Å². The summed E-state index contributed by atoms with van der Waals surface area (Å²) < 4.78 is 10.1. The number of unbranched alkanes of at least 4 members (excludes halogenated alkanes) is 2. The summed E-state index contributed by atoms with van der Waals surface area (Å²) in [7, 11) is 0. The van der Waals surface area contributed by atoms with E-state index in [4.69, 9.17) is 15.2 Å². The Hall–Kier alpha value is -2.30. The maximum Gasteiger partial charge on any atom is 0.338 e. The molecule has 0 radical (unpaired) electrons. The molecule has 0 atom stereocenters. The third-order valence-electron chi connectivity index (χ3n) is 2.73. The van der Waals surface area contributed by atoms with Gasteiger partial charge in [0.1, 0.15) is 0 Å². The highest BCUT2D eigenvalue weighted by atomic mass is 16.5. The number of benzene rings is 1. The van der Waals surface area contributed by atoms with Crippen LogP contribution < -0.4 is 5.73 Å². The average molecular weight is 291 g/mol. The summed E-state index contributed by atoms with van der Waals surface area (Å²) in [5.41, 5.74) is 6.97. The number of ether oxygens (including phenoxy) is 2. The summed E-state index contributed by atoms with van der Waals surface area (Å²) in [5, 5.41) is 0. The van der Waals surface area contributed by atoms with Crippen molar-refractivity contribution in [3.8, 4) is 0 Å². The third kappa shape index (κ3) is 6.61. The molecule has 0 spiro atoms. The highest BCUT2D eigenvalue weighted by Gasteiger charge is 2.07. The molecule has 0 amide bonds. The zero-order chi connectivity index (χ0) is 15.7. The van der Waals surface area contributed by atoms with Crippen LogP contribution in [0.25, 0.3) is 0 Å². The molecule has 2 N–H and O–H groups in total. The van der Waals surface area contributed by atoms with Gasteiger partial charge in [0.15, 0.2) is 0 Å². The number of carbonyl (C=O) groups excluding carboxylic acids is 2. The largest absolute Gasteiger partial charge is 0.462 e. The van der Waals surface area contributed by atoms with Gasteiger partial charge in [-0.15, -0.1) is 0 Å². The van der Waals surface area contributed by atoms with Crippen molar-refractivity contribution in [2.45, 2.75) is 26.2 Å². The van der Waals surface area contributed by atoms with Crippen LogP contribution in [0.15, 0.2) is 36.4 Å². The maximum absolute atomic E-state index is 11.7. The van der Waals surface area contributed by atoms with E-state index in [1.165, 1.54) is 0 Å². The molecule has 114 valence electrons. The van der Waals surface area contributed by atoms with E-state index in [2.05, 4.69) is 6.58 Å². The van der Waals surface area contributed by atoms with Gasteiger partial charge in [-0.2, -0.15) is 0 Å². The molecule has 1 rings (SSSR count). The van der Waals surface area contributed by atoms with Crippen molar-refractivity contribution in [1.82, 2.24) is 0 Å². The van der Waals surface area contributed by atoms with E-state index in [0.717, 1.165) is 19.3 Å². The van der Waals surface area contributed by atoms with E-state index in [0.29, 0.717) is 30.0 Å². The molecule has 21 heavy (non-hydrogen) atoms. The van der Waals surface area contributed by atoms with E-state index in [9.17, 15) is 9.59 Å². The minimum Gasteiger partial charge on any atom is -0.462 e. The molecular formula is C16H21NO4. The Bertz CT molecular complexity index is 511. The lowest BCUT2D eigenvalue weighted by molar-refractivity contribution is -0.139. The summed E-state index contributed by atoms with van der Waals surface area (Å²) in [6.07, 6.45) is 2.27. The Morgan fingerprint density at radius 2 is 1.81 bits per heavy atom. The second-order valence-corrected chi connectivity index (χ2v) is 4.74. The lowest BCUT2D eigenvalue weighted by atomic mass is 10.2. The number of anilines is 1. The molecule has 1 aromatic rings. The van der Waals surface area contributed by atoms with Gasteiger partial charge in [0.05, 0.1) is 18.8 Å². The standard InChI is InChI=1S/C16H21NO4/c1-12(2)15(18)20-9-4-3-5-10-21-16(19)13-7-6-8-14(17)11-13/h6-8,11H,1,3-5,9-10,17H2,2H3. The minimum absolute atomic E-state index is 0.335. The second-order valence-electron chi connectivity index (χ2n) is 4.74. The smallest absolute Gasteiger partial charge is 0.338 e. The van der Waals surface area contributed by atoms with Gasteiger partial charge in [0.25, 0.3) is 0 Å². The SMILES string of the molecule is C=C(C)C(=O)OCCCCCOC(=O)c1cccc(N)c1. The van der Waals surface area contributed by atoms with Crippen LogP contribution >= 0.6 is 0 Å². The zero-order valence-electron chi connectivity index (χ0n) is 12.3. The number of rotatable bonds is 8. The Balaban J connectivity index is 2.10. The molecule has 0 aromatic heterocycles. The maximum atomic E-state index is 11.7. The van der Waals surface area contributed by atoms with Crippen LogP contribution in [0.2, 0.25) is 0 Å². The molecule has 1 aromatic carbocycles. The highest BCUT2D eigenvalue weighted by molar-refractivity contribution is 5.90. The summed E-state index contributed by atoms with van der Waals surface area (Å²) in [4.78, 5) is 22.8. The third-order valence-corrected chi connectivity index (χ3v) is 2.73. The molecule has 0 aliphatic heterocycles. The molecule has 0 heterocycles. The van der Waals surface area contributed by atoms with Crippen molar-refractivity contribution >= 4 is 17.6 Å². The first-order valence-electron chi connectivity index (χ1n) is 6.86. The van der Waals surface area contributed by atoms with E-state index in [1.54, 1.807) is 31.2 Å². The molecule has 0 saturated heterocycles. The molecule has 0 aliphatic carbocycles. The summed E-state index contributed by atoms with van der Waals surface area (Å²) in [6.45, 7) is 5.80. The first kappa shape index (κ1) is 16.8. The quantitative estimate of drug-likeness (QED) is 0.345. The Kier molecular flexibility index (Phi) is 7.01. The van der Waals surface area contributed by atoms with E-state index < -0.39 is 0 Å². The fourth-order valence-electron chi connectivity index (χ4n) is 1.58. The van der Waals surface area contributed by atoms with E-state index >= 15 is 0 Å². The van der Waals surface area contributed by atoms with Gasteiger partial charge in [0, 0.05) is 11.3 Å². The fraction of sp³-hybridized carbons (Fsp3) is 0.375. The minimum atomic E-state index is -0.379. The molecule has 0 unspecified atom stereocenters. The van der Waals surface area contributed by atoms with E-state index in [-0.39, 0.29) is 11.9 Å². The van der Waals surface area contributed by atoms with Crippen molar-refractivity contribution in [3.63, 3.8) is 0 Å². The lowest BCUT2D eigenvalue weighted by Crippen LogP contribution is -2.08. The van der Waals surface area contributed by atoms with Crippen LogP contribution in [0.5, 0.6) is 0 Å². The van der Waals surface area contributed by atoms with Gasteiger partial charge < -0.3 is 15.2 Å². The summed E-state index contributed by atoms with van der Waals surface area (Å²) in [5.74, 6) is -0.751. The van der Waals surface area contributed by atoms with Crippen LogP contribution in [0.1, 0.15) is 36.5 Å². The predicted molar refractivity (Wildman–Crippen MR) is 80.8 cm³/mol. The highest BCUT2D eigenvalue weighted by Crippen LogP contribution is 2.08. The Labute approximate surface area is 124 Å². The molecule has 0 bridgehead atoms. The van der Waals surface area contributed by atoms with Crippen LogP contribution in [-0.4, -0.2) is 25.2 Å². The van der Waals surface area contributed by atoms with Gasteiger partial charge in [-0.05, 0) is 44.4 Å². The molecule has 0 aliphatic rings. The summed E-state index contributed by atoms with van der Waals surface area (Å²) in [6, 6.07) is 6.67. The molecule has 0 fully saturated rings. The van der Waals surface area contributed by atoms with Gasteiger partial charge in [0.2, 0.25) is 0 Å². The fourth-order valence-corrected chi connectivity index (χ4v) is 1.58. The second kappa shape index (κ2) is 8.79. The number of hydrogen-bond donors (Lipinski definition) is 1. The monoisotopic (exact) mass is 291 g/mol. The topological polar surface area (TPSA) is 78.6 Å². The van der Waals surface area contributed by atoms with Crippen molar-refractivity contribution in [2.24, 2.45) is 0 Å². The predicted octanol–water partition coefficient (Wildman–Crippen LogP) is 2.72. The number of nitrogens with two attached hydrogens (primary N) is 1. The van der Waals surface area contributed by atoms with Gasteiger partial charge in [-0.25, -0.2) is 9.59 Å². The average Bonchev–Trinajstić information content (AvgIpc) is 2.45. The Morgan fingerprint density at radius 1 is 1.14 bits per heavy atom. The lowest BCUT2D eigenvalue weighted by Gasteiger charge is -2.06. The molecule has 5 heteroatoms. The van der Waals surface area contributed by atoms with Gasteiger partial charge >= 0.3 is 11.9 Å². The molecular weight excluding hydrogens is 270 g/mol. The van der Waals surface area contributed by atoms with E-state index in [1.807, 2.05) is 0 Å². The van der Waals surface area contributed by atoms with Crippen LogP contribution in [0.4, 0.5) is 5.69 Å². The Morgan fingerprint density at radius 3 is 2.43 bits per heavy atom. The first-order valence-corrected chi connectivity index (χ1v) is 6.86. The van der Waals surface area contributed by atoms with Crippen LogP contribution in [-0.2, 0) is 14.3 Å². The van der Waals surface area contributed by atoms with Crippen LogP contribution in [0, 0.1) is 0 Å². The van der Waals surface area contributed by atoms with Gasteiger partial charge in [-0.1, -0.05) is 12.6 Å².